The Labute approximate surface area is 325 Å². The zero-order valence-electron chi connectivity index (χ0n) is 30.7. The summed E-state index contributed by atoms with van der Waals surface area (Å²) in [6.07, 6.45) is 0. The van der Waals surface area contributed by atoms with Crippen LogP contribution in [0.4, 0.5) is 17.1 Å². The SMILES string of the molecule is c1ccc(-n2c3ccccc3c3c(-c4cccc(N(c5ccc(-c6cccc7ccccc67)cc5)c5cc6ccccc6c6ccccc56)c4)cccc32)cc1. The molecule has 10 aromatic carbocycles. The predicted molar refractivity (Wildman–Crippen MR) is 239 cm³/mol. The first-order valence-corrected chi connectivity index (χ1v) is 19.3. The second kappa shape index (κ2) is 13.2. The van der Waals surface area contributed by atoms with Crippen molar-refractivity contribution in [3.05, 3.63) is 218 Å². The average molecular weight is 713 g/mol. The van der Waals surface area contributed by atoms with E-state index in [2.05, 4.69) is 228 Å². The van der Waals surface area contributed by atoms with Gasteiger partial charge in [0.15, 0.2) is 0 Å². The summed E-state index contributed by atoms with van der Waals surface area (Å²) in [4.78, 5) is 2.44. The molecule has 11 rings (SSSR count). The van der Waals surface area contributed by atoms with Gasteiger partial charge in [-0.05, 0) is 104 Å². The largest absolute Gasteiger partial charge is 0.310 e. The molecule has 0 amide bonds. The molecule has 262 valence electrons. The number of rotatable bonds is 6. The van der Waals surface area contributed by atoms with Gasteiger partial charge in [-0.3, -0.25) is 0 Å². The van der Waals surface area contributed by atoms with Crippen molar-refractivity contribution in [3.63, 3.8) is 0 Å². The molecule has 1 heterocycles. The van der Waals surface area contributed by atoms with E-state index >= 15 is 0 Å². The fraction of sp³-hybridized carbons (Fsp3) is 0. The Bertz CT molecular complexity index is 3240. The lowest BCUT2D eigenvalue weighted by Crippen LogP contribution is -2.11. The van der Waals surface area contributed by atoms with E-state index in [1.165, 1.54) is 76.4 Å². The first kappa shape index (κ1) is 32.0. The molecule has 0 aliphatic rings. The van der Waals surface area contributed by atoms with Crippen LogP contribution in [0.1, 0.15) is 0 Å². The first-order valence-electron chi connectivity index (χ1n) is 19.3. The maximum absolute atomic E-state index is 2.44. The van der Waals surface area contributed by atoms with Crippen LogP contribution in [0.3, 0.4) is 0 Å². The highest BCUT2D eigenvalue weighted by atomic mass is 15.1. The highest BCUT2D eigenvalue weighted by Crippen LogP contribution is 2.45. The average Bonchev–Trinajstić information content (AvgIpc) is 3.62. The van der Waals surface area contributed by atoms with Gasteiger partial charge in [-0.25, -0.2) is 0 Å². The van der Waals surface area contributed by atoms with E-state index in [9.17, 15) is 0 Å². The van der Waals surface area contributed by atoms with Gasteiger partial charge in [0.05, 0.1) is 16.7 Å². The Morgan fingerprint density at radius 1 is 0.321 bits per heavy atom. The topological polar surface area (TPSA) is 8.17 Å². The minimum atomic E-state index is 1.10. The molecular weight excluding hydrogens is 677 g/mol. The predicted octanol–water partition coefficient (Wildman–Crippen LogP) is 15.0. The third-order valence-electron chi connectivity index (χ3n) is 11.3. The normalized spacial score (nSPS) is 11.6. The van der Waals surface area contributed by atoms with Gasteiger partial charge in [-0.1, -0.05) is 164 Å². The van der Waals surface area contributed by atoms with Gasteiger partial charge in [-0.15, -0.1) is 0 Å². The van der Waals surface area contributed by atoms with Crippen molar-refractivity contribution in [1.29, 1.82) is 0 Å². The number of fused-ring (bicyclic) bond motifs is 7. The lowest BCUT2D eigenvalue weighted by atomic mass is 9.96. The van der Waals surface area contributed by atoms with Crippen molar-refractivity contribution in [1.82, 2.24) is 4.57 Å². The fourth-order valence-corrected chi connectivity index (χ4v) is 8.84. The molecule has 0 radical (unpaired) electrons. The van der Waals surface area contributed by atoms with Crippen molar-refractivity contribution < 1.29 is 0 Å². The van der Waals surface area contributed by atoms with Crippen LogP contribution in [0.5, 0.6) is 0 Å². The summed E-state index contributed by atoms with van der Waals surface area (Å²) in [5.74, 6) is 0. The van der Waals surface area contributed by atoms with Crippen molar-refractivity contribution >= 4 is 71.2 Å². The van der Waals surface area contributed by atoms with Crippen molar-refractivity contribution in [3.8, 4) is 27.9 Å². The molecule has 56 heavy (non-hydrogen) atoms. The van der Waals surface area contributed by atoms with Gasteiger partial charge in [0.25, 0.3) is 0 Å². The zero-order valence-corrected chi connectivity index (χ0v) is 30.7. The summed E-state index contributed by atoms with van der Waals surface area (Å²) in [6, 6.07) is 79.5. The fourth-order valence-electron chi connectivity index (χ4n) is 8.84. The summed E-state index contributed by atoms with van der Waals surface area (Å²) in [5, 5.41) is 9.93. The molecule has 0 saturated carbocycles. The van der Waals surface area contributed by atoms with E-state index in [0.717, 1.165) is 22.7 Å². The second-order valence-electron chi connectivity index (χ2n) is 14.5. The van der Waals surface area contributed by atoms with Crippen LogP contribution >= 0.6 is 0 Å². The third-order valence-corrected chi connectivity index (χ3v) is 11.3. The van der Waals surface area contributed by atoms with Crippen LogP contribution < -0.4 is 4.90 Å². The monoisotopic (exact) mass is 712 g/mol. The molecule has 0 spiro atoms. The standard InChI is InChI=1S/C54H36N2/c1-2-19-41(20-3-1)56-51-29-11-10-26-50(51)54-47(28-14-30-52(54)56)39-18-12-21-43(35-39)55(53-36-40-16-5-7-23-46(40)48-24-8-9-25-49(48)53)42-33-31-38(32-34-42)45-27-13-17-37-15-4-6-22-44(37)45/h1-36H. The van der Waals surface area contributed by atoms with Crippen molar-refractivity contribution in [2.45, 2.75) is 0 Å². The highest BCUT2D eigenvalue weighted by molar-refractivity contribution is 6.17. The maximum Gasteiger partial charge on any atom is 0.0547 e. The Morgan fingerprint density at radius 3 is 1.77 bits per heavy atom. The molecule has 11 aromatic rings. The van der Waals surface area contributed by atoms with Gasteiger partial charge < -0.3 is 9.47 Å². The molecule has 0 saturated heterocycles. The smallest absolute Gasteiger partial charge is 0.0547 e. The number of anilines is 3. The van der Waals surface area contributed by atoms with Gasteiger partial charge >= 0.3 is 0 Å². The van der Waals surface area contributed by atoms with Crippen LogP contribution in [-0.4, -0.2) is 4.57 Å². The van der Waals surface area contributed by atoms with E-state index in [1.807, 2.05) is 0 Å². The first-order chi connectivity index (χ1) is 27.8. The summed E-state index contributed by atoms with van der Waals surface area (Å²) in [6.45, 7) is 0. The van der Waals surface area contributed by atoms with Gasteiger partial charge in [0.1, 0.15) is 0 Å². The summed E-state index contributed by atoms with van der Waals surface area (Å²) < 4.78 is 2.39. The number of hydrogen-bond donors (Lipinski definition) is 0. The van der Waals surface area contributed by atoms with Crippen LogP contribution in [-0.2, 0) is 0 Å². The van der Waals surface area contributed by atoms with Gasteiger partial charge in [-0.2, -0.15) is 0 Å². The molecule has 0 fully saturated rings. The van der Waals surface area contributed by atoms with Crippen LogP contribution in [0, 0.1) is 0 Å². The van der Waals surface area contributed by atoms with E-state index in [0.29, 0.717) is 0 Å². The number of para-hydroxylation sites is 2. The Kier molecular flexibility index (Phi) is 7.53. The third kappa shape index (κ3) is 5.19. The molecule has 0 N–H and O–H groups in total. The lowest BCUT2D eigenvalue weighted by molar-refractivity contribution is 1.18. The maximum atomic E-state index is 2.44. The Balaban J connectivity index is 1.13. The van der Waals surface area contributed by atoms with Crippen LogP contribution in [0.2, 0.25) is 0 Å². The molecule has 0 aliphatic heterocycles. The number of nitrogens with zero attached hydrogens (tertiary/aromatic N) is 2. The summed E-state index contributed by atoms with van der Waals surface area (Å²) >= 11 is 0. The molecule has 0 atom stereocenters. The van der Waals surface area contributed by atoms with E-state index in [4.69, 9.17) is 0 Å². The minimum absolute atomic E-state index is 1.10. The number of aromatic nitrogens is 1. The lowest BCUT2D eigenvalue weighted by Gasteiger charge is -2.28. The minimum Gasteiger partial charge on any atom is -0.310 e. The Morgan fingerprint density at radius 2 is 0.929 bits per heavy atom. The van der Waals surface area contributed by atoms with E-state index in [1.54, 1.807) is 0 Å². The van der Waals surface area contributed by atoms with Crippen LogP contribution in [0.25, 0.3) is 82.1 Å². The highest BCUT2D eigenvalue weighted by Gasteiger charge is 2.20. The Hall–Kier alpha value is -7.42. The number of hydrogen-bond acceptors (Lipinski definition) is 1. The molecular formula is C54H36N2. The van der Waals surface area contributed by atoms with Crippen molar-refractivity contribution in [2.75, 3.05) is 4.90 Å². The van der Waals surface area contributed by atoms with E-state index < -0.39 is 0 Å². The molecule has 0 unspecified atom stereocenters. The summed E-state index contributed by atoms with van der Waals surface area (Å²) in [7, 11) is 0. The summed E-state index contributed by atoms with van der Waals surface area (Å²) in [5.41, 5.74) is 11.7. The zero-order chi connectivity index (χ0) is 37.0. The van der Waals surface area contributed by atoms with Crippen LogP contribution in [0.15, 0.2) is 218 Å². The second-order valence-corrected chi connectivity index (χ2v) is 14.5. The molecule has 0 aliphatic carbocycles. The van der Waals surface area contributed by atoms with Gasteiger partial charge in [0.2, 0.25) is 0 Å². The number of benzene rings is 10. The van der Waals surface area contributed by atoms with Gasteiger partial charge in [0, 0.05) is 33.2 Å². The quantitative estimate of drug-likeness (QED) is 0.156. The molecule has 2 nitrogen and oxygen atoms in total. The molecule has 0 bridgehead atoms. The molecule has 1 aromatic heterocycles. The van der Waals surface area contributed by atoms with E-state index in [-0.39, 0.29) is 0 Å². The molecule has 2 heteroatoms. The van der Waals surface area contributed by atoms with Crippen molar-refractivity contribution in [2.24, 2.45) is 0 Å².